The van der Waals surface area contributed by atoms with Crippen molar-refractivity contribution < 1.29 is 4.79 Å². The van der Waals surface area contributed by atoms with Gasteiger partial charge in [-0.1, -0.05) is 54.1 Å². The molecule has 3 nitrogen and oxygen atoms in total. The smallest absolute Gasteiger partial charge is 0.251 e. The van der Waals surface area contributed by atoms with Crippen molar-refractivity contribution in [3.8, 4) is 0 Å². The third-order valence-electron chi connectivity index (χ3n) is 3.39. The molecule has 0 saturated carbocycles. The minimum Gasteiger partial charge on any atom is -0.355 e. The van der Waals surface area contributed by atoms with Crippen molar-refractivity contribution in [1.29, 1.82) is 0 Å². The van der Waals surface area contributed by atoms with Gasteiger partial charge in [0.05, 0.1) is 0 Å². The predicted molar refractivity (Wildman–Crippen MR) is 91.6 cm³/mol. The summed E-state index contributed by atoms with van der Waals surface area (Å²) in [4.78, 5) is 11.5. The van der Waals surface area contributed by atoms with E-state index in [2.05, 4.69) is 35.8 Å². The molecule has 0 radical (unpaired) electrons. The van der Waals surface area contributed by atoms with Gasteiger partial charge in [0.25, 0.3) is 5.91 Å². The fourth-order valence-electron chi connectivity index (χ4n) is 2.21. The highest BCUT2D eigenvalue weighted by Crippen LogP contribution is 2.07. The first-order chi connectivity index (χ1) is 10.7. The average Bonchev–Trinajstić information content (AvgIpc) is 2.55. The number of carbonyl (C=O) groups is 1. The lowest BCUT2D eigenvalue weighted by Gasteiger charge is -2.07. The molecular formula is C19H22N2O. The van der Waals surface area contributed by atoms with Crippen molar-refractivity contribution in [2.75, 3.05) is 13.6 Å². The highest BCUT2D eigenvalue weighted by atomic mass is 16.1. The van der Waals surface area contributed by atoms with Crippen LogP contribution in [0.4, 0.5) is 0 Å². The minimum absolute atomic E-state index is 0.0545. The van der Waals surface area contributed by atoms with Crippen molar-refractivity contribution in [1.82, 2.24) is 10.6 Å². The molecule has 114 valence electrons. The fraction of sp³-hybridized carbons (Fsp3) is 0.211. The molecule has 2 aromatic carbocycles. The summed E-state index contributed by atoms with van der Waals surface area (Å²) in [6, 6.07) is 18.0. The predicted octanol–water partition coefficient (Wildman–Crippen LogP) is 3.24. The Hall–Kier alpha value is -2.39. The maximum atomic E-state index is 11.5. The Labute approximate surface area is 132 Å². The maximum Gasteiger partial charge on any atom is 0.251 e. The lowest BCUT2D eigenvalue weighted by atomic mass is 10.1. The lowest BCUT2D eigenvalue weighted by Crippen LogP contribution is -2.18. The zero-order chi connectivity index (χ0) is 15.8. The van der Waals surface area contributed by atoms with Crippen LogP contribution < -0.4 is 10.6 Å². The molecule has 2 aromatic rings. The summed E-state index contributed by atoms with van der Waals surface area (Å²) >= 11 is 0. The number of nitrogens with one attached hydrogen (secondary N) is 2. The van der Waals surface area contributed by atoms with Crippen LogP contribution in [0.1, 0.15) is 28.4 Å². The van der Waals surface area contributed by atoms with Crippen molar-refractivity contribution in [2.45, 2.75) is 13.5 Å². The van der Waals surface area contributed by atoms with Gasteiger partial charge in [-0.25, -0.2) is 0 Å². The van der Waals surface area contributed by atoms with E-state index in [4.69, 9.17) is 0 Å². The Balaban J connectivity index is 1.83. The zero-order valence-electron chi connectivity index (χ0n) is 13.1. The molecule has 0 heterocycles. The van der Waals surface area contributed by atoms with Gasteiger partial charge in [-0.15, -0.1) is 0 Å². The lowest BCUT2D eigenvalue weighted by molar-refractivity contribution is 0.0963. The Kier molecular flexibility index (Phi) is 5.92. The maximum absolute atomic E-state index is 11.5. The van der Waals surface area contributed by atoms with Gasteiger partial charge in [0.2, 0.25) is 0 Å². The van der Waals surface area contributed by atoms with E-state index in [0.717, 1.165) is 13.1 Å². The molecule has 0 saturated heterocycles. The molecule has 0 aromatic heterocycles. The van der Waals surface area contributed by atoms with Crippen LogP contribution in [-0.2, 0) is 6.54 Å². The first-order valence-electron chi connectivity index (χ1n) is 7.43. The van der Waals surface area contributed by atoms with Crippen molar-refractivity contribution in [2.24, 2.45) is 0 Å². The van der Waals surface area contributed by atoms with Crippen LogP contribution in [0.15, 0.2) is 60.2 Å². The van der Waals surface area contributed by atoms with Crippen LogP contribution in [0.2, 0.25) is 0 Å². The van der Waals surface area contributed by atoms with Gasteiger partial charge in [-0.05, 0) is 30.2 Å². The molecule has 0 aliphatic rings. The number of carbonyl (C=O) groups excluding carboxylic acids is 1. The summed E-state index contributed by atoms with van der Waals surface area (Å²) in [7, 11) is 1.64. The minimum atomic E-state index is -0.0545. The van der Waals surface area contributed by atoms with Gasteiger partial charge in [-0.2, -0.15) is 0 Å². The van der Waals surface area contributed by atoms with E-state index in [0.29, 0.717) is 5.56 Å². The summed E-state index contributed by atoms with van der Waals surface area (Å²) in [6.07, 6.45) is 2.18. The zero-order valence-corrected chi connectivity index (χ0v) is 13.1. The number of hydrogen-bond acceptors (Lipinski definition) is 2. The normalized spacial score (nSPS) is 11.3. The largest absolute Gasteiger partial charge is 0.355 e. The summed E-state index contributed by atoms with van der Waals surface area (Å²) in [5.74, 6) is -0.0545. The second-order valence-electron chi connectivity index (χ2n) is 5.28. The standard InChI is InChI=1S/C19H22N2O/c1-15(12-16-6-4-3-5-7-16)13-21-14-17-8-10-18(11-9-17)19(22)20-2/h3-12,21H,13-14H2,1-2H3,(H,20,22). The molecule has 0 fully saturated rings. The molecule has 3 heteroatoms. The van der Waals surface area contributed by atoms with Gasteiger partial charge in [0, 0.05) is 25.7 Å². The second kappa shape index (κ2) is 8.15. The Morgan fingerprint density at radius 1 is 1.05 bits per heavy atom. The van der Waals surface area contributed by atoms with Gasteiger partial charge >= 0.3 is 0 Å². The first-order valence-corrected chi connectivity index (χ1v) is 7.43. The number of amides is 1. The third kappa shape index (κ3) is 4.86. The van der Waals surface area contributed by atoms with E-state index in [1.807, 2.05) is 42.5 Å². The van der Waals surface area contributed by atoms with Gasteiger partial charge in [-0.3, -0.25) is 4.79 Å². The highest BCUT2D eigenvalue weighted by Gasteiger charge is 2.02. The Morgan fingerprint density at radius 3 is 2.36 bits per heavy atom. The molecule has 2 rings (SSSR count). The van der Waals surface area contributed by atoms with Crippen LogP contribution in [0.3, 0.4) is 0 Å². The summed E-state index contributed by atoms with van der Waals surface area (Å²) in [5.41, 5.74) is 4.36. The summed E-state index contributed by atoms with van der Waals surface area (Å²) in [5, 5.41) is 6.04. The van der Waals surface area contributed by atoms with Crippen LogP contribution in [0.25, 0.3) is 6.08 Å². The molecule has 22 heavy (non-hydrogen) atoms. The van der Waals surface area contributed by atoms with E-state index in [-0.39, 0.29) is 5.91 Å². The average molecular weight is 294 g/mol. The highest BCUT2D eigenvalue weighted by molar-refractivity contribution is 5.93. The van der Waals surface area contributed by atoms with Crippen LogP contribution in [0.5, 0.6) is 0 Å². The monoisotopic (exact) mass is 294 g/mol. The van der Waals surface area contributed by atoms with E-state index < -0.39 is 0 Å². The fourth-order valence-corrected chi connectivity index (χ4v) is 2.21. The molecule has 2 N–H and O–H groups in total. The molecule has 0 aliphatic heterocycles. The van der Waals surface area contributed by atoms with Gasteiger partial charge < -0.3 is 10.6 Å². The van der Waals surface area contributed by atoms with Crippen molar-refractivity contribution in [3.63, 3.8) is 0 Å². The number of rotatable bonds is 6. The molecule has 0 bridgehead atoms. The van der Waals surface area contributed by atoms with Crippen molar-refractivity contribution >= 4 is 12.0 Å². The molecule has 0 spiro atoms. The first kappa shape index (κ1) is 16.0. The van der Waals surface area contributed by atoms with Crippen LogP contribution in [0, 0.1) is 0 Å². The van der Waals surface area contributed by atoms with E-state index >= 15 is 0 Å². The van der Waals surface area contributed by atoms with Crippen LogP contribution in [-0.4, -0.2) is 19.5 Å². The third-order valence-corrected chi connectivity index (χ3v) is 3.39. The molecule has 0 unspecified atom stereocenters. The number of hydrogen-bond donors (Lipinski definition) is 2. The van der Waals surface area contributed by atoms with Crippen LogP contribution >= 0.6 is 0 Å². The molecular weight excluding hydrogens is 272 g/mol. The van der Waals surface area contributed by atoms with Crippen molar-refractivity contribution in [3.05, 3.63) is 76.9 Å². The molecule has 0 aliphatic carbocycles. The Bertz CT molecular complexity index is 630. The van der Waals surface area contributed by atoms with E-state index in [1.165, 1.54) is 16.7 Å². The SMILES string of the molecule is CNC(=O)c1ccc(CNCC(C)=Cc2ccccc2)cc1. The Morgan fingerprint density at radius 2 is 1.73 bits per heavy atom. The molecule has 0 atom stereocenters. The summed E-state index contributed by atoms with van der Waals surface area (Å²) < 4.78 is 0. The molecule has 1 amide bonds. The second-order valence-corrected chi connectivity index (χ2v) is 5.28. The van der Waals surface area contributed by atoms with Gasteiger partial charge in [0.15, 0.2) is 0 Å². The summed E-state index contributed by atoms with van der Waals surface area (Å²) in [6.45, 7) is 3.74. The van der Waals surface area contributed by atoms with Gasteiger partial charge in [0.1, 0.15) is 0 Å². The quantitative estimate of drug-likeness (QED) is 0.858. The number of benzene rings is 2. The van der Waals surface area contributed by atoms with E-state index in [9.17, 15) is 4.79 Å². The topological polar surface area (TPSA) is 41.1 Å². The van der Waals surface area contributed by atoms with E-state index in [1.54, 1.807) is 7.05 Å².